The van der Waals surface area contributed by atoms with E-state index in [-0.39, 0.29) is 55.0 Å². The summed E-state index contributed by atoms with van der Waals surface area (Å²) in [4.78, 5) is 0. The zero-order chi connectivity index (χ0) is 37.7. The van der Waals surface area contributed by atoms with Crippen molar-refractivity contribution >= 4 is 43.6 Å². The molecule has 0 fully saturated rings. The molecule has 0 aliphatic heterocycles. The van der Waals surface area contributed by atoms with E-state index in [4.69, 9.17) is 0 Å². The summed E-state index contributed by atoms with van der Waals surface area (Å²) in [6.45, 7) is 0. The van der Waals surface area contributed by atoms with Crippen molar-refractivity contribution in [1.29, 1.82) is 10.5 Å². The van der Waals surface area contributed by atoms with E-state index in [0.717, 1.165) is 45.5 Å². The number of hydrogen-bond donors (Lipinski definition) is 0. The molecule has 0 saturated carbocycles. The second kappa shape index (κ2) is 11.2. The first-order valence-corrected chi connectivity index (χ1v) is 14.7. The van der Waals surface area contributed by atoms with Crippen LogP contribution < -0.4 is 0 Å². The van der Waals surface area contributed by atoms with Crippen molar-refractivity contribution in [2.75, 3.05) is 0 Å². The van der Waals surface area contributed by atoms with Gasteiger partial charge in [0, 0.05) is 21.5 Å². The molecule has 0 amide bonds. The zero-order valence-electron chi connectivity index (χ0n) is 25.4. The standard InChI is InChI=1S/C36H14F12N4/c37-33(38,39)17-1-5-21-22-6-2-18(34(40,41)42)12-30(22)51(29(21)11-17)27-9-10-28(26(16-50)25(27)15-49)52-31-13-19(35(43,44)45)3-7-23(31)24-8-4-20(14-32(24)52)36(46,47)48/h1-14H. The maximum Gasteiger partial charge on any atom is 0.416 e. The molecule has 7 rings (SSSR count). The number of benzene rings is 5. The third-order valence-corrected chi connectivity index (χ3v) is 8.71. The van der Waals surface area contributed by atoms with Gasteiger partial charge in [-0.15, -0.1) is 0 Å². The Labute approximate surface area is 282 Å². The van der Waals surface area contributed by atoms with Gasteiger partial charge in [0.15, 0.2) is 0 Å². The number of halogens is 12. The van der Waals surface area contributed by atoms with Crippen molar-refractivity contribution in [3.8, 4) is 23.5 Å². The third kappa shape index (κ3) is 5.33. The summed E-state index contributed by atoms with van der Waals surface area (Å²) < 4.78 is 168. The Morgan fingerprint density at radius 1 is 0.365 bits per heavy atom. The quantitative estimate of drug-likeness (QED) is 0.166. The van der Waals surface area contributed by atoms with Gasteiger partial charge < -0.3 is 9.13 Å². The molecule has 2 aromatic heterocycles. The number of rotatable bonds is 2. The molecule has 0 aliphatic carbocycles. The molecule has 0 bridgehead atoms. The average molecular weight is 731 g/mol. The number of aromatic nitrogens is 2. The maximum atomic E-state index is 13.9. The normalized spacial score (nSPS) is 13.0. The zero-order valence-corrected chi connectivity index (χ0v) is 25.4. The van der Waals surface area contributed by atoms with Crippen molar-refractivity contribution in [3.05, 3.63) is 118 Å². The van der Waals surface area contributed by atoms with Crippen LogP contribution in [0, 0.1) is 22.7 Å². The monoisotopic (exact) mass is 730 g/mol. The average Bonchev–Trinajstić information content (AvgIpc) is 3.57. The minimum absolute atomic E-state index is 0.0463. The lowest BCUT2D eigenvalue weighted by molar-refractivity contribution is -0.138. The maximum absolute atomic E-state index is 13.9. The van der Waals surface area contributed by atoms with Gasteiger partial charge in [0.05, 0.1) is 66.8 Å². The Balaban J connectivity index is 1.62. The van der Waals surface area contributed by atoms with Crippen molar-refractivity contribution in [3.63, 3.8) is 0 Å². The molecule has 0 aliphatic rings. The van der Waals surface area contributed by atoms with Gasteiger partial charge >= 0.3 is 24.7 Å². The summed E-state index contributed by atoms with van der Waals surface area (Å²) in [7, 11) is 0. The lowest BCUT2D eigenvalue weighted by Crippen LogP contribution is -2.09. The fourth-order valence-corrected chi connectivity index (χ4v) is 6.44. The van der Waals surface area contributed by atoms with Crippen LogP contribution in [-0.4, -0.2) is 9.13 Å². The lowest BCUT2D eigenvalue weighted by Gasteiger charge is -2.17. The third-order valence-electron chi connectivity index (χ3n) is 8.71. The van der Waals surface area contributed by atoms with Crippen molar-refractivity contribution in [2.45, 2.75) is 24.7 Å². The largest absolute Gasteiger partial charge is 0.416 e. The predicted octanol–water partition coefficient (Wildman–Crippen LogP) is 11.7. The van der Waals surface area contributed by atoms with Crippen molar-refractivity contribution < 1.29 is 52.7 Å². The topological polar surface area (TPSA) is 57.4 Å². The molecule has 7 aromatic rings. The Bertz CT molecular complexity index is 2380. The summed E-state index contributed by atoms with van der Waals surface area (Å²) in [5.41, 5.74) is -8.03. The fraction of sp³-hybridized carbons (Fsp3) is 0.111. The van der Waals surface area contributed by atoms with Gasteiger partial charge in [-0.2, -0.15) is 63.2 Å². The van der Waals surface area contributed by atoms with Gasteiger partial charge in [0.1, 0.15) is 12.1 Å². The molecule has 0 unspecified atom stereocenters. The summed E-state index contributed by atoms with van der Waals surface area (Å²) in [5.74, 6) is 0. The summed E-state index contributed by atoms with van der Waals surface area (Å²) in [6.07, 6.45) is -19.6. The van der Waals surface area contributed by atoms with Crippen LogP contribution in [0.15, 0.2) is 84.9 Å². The van der Waals surface area contributed by atoms with Gasteiger partial charge in [-0.3, -0.25) is 0 Å². The molecule has 0 saturated heterocycles. The van der Waals surface area contributed by atoms with E-state index in [1.807, 2.05) is 0 Å². The highest BCUT2D eigenvalue weighted by atomic mass is 19.4. The second-order valence-corrected chi connectivity index (χ2v) is 11.7. The van der Waals surface area contributed by atoms with E-state index in [1.54, 1.807) is 12.1 Å². The molecule has 5 aromatic carbocycles. The number of nitrogens with zero attached hydrogens (tertiary/aromatic N) is 4. The van der Waals surface area contributed by atoms with Gasteiger partial charge in [-0.25, -0.2) is 0 Å². The van der Waals surface area contributed by atoms with E-state index >= 15 is 0 Å². The van der Waals surface area contributed by atoms with Gasteiger partial charge in [0.25, 0.3) is 0 Å². The summed E-state index contributed by atoms with van der Waals surface area (Å²) in [5, 5.41) is 21.0. The van der Waals surface area contributed by atoms with Crippen LogP contribution in [0.25, 0.3) is 55.0 Å². The van der Waals surface area contributed by atoms with Crippen molar-refractivity contribution in [1.82, 2.24) is 9.13 Å². The Morgan fingerprint density at radius 2 is 0.596 bits per heavy atom. The first kappa shape index (κ1) is 34.3. The summed E-state index contributed by atoms with van der Waals surface area (Å²) >= 11 is 0. The fourth-order valence-electron chi connectivity index (χ4n) is 6.44. The lowest BCUT2D eigenvalue weighted by atomic mass is 10.0. The van der Waals surface area contributed by atoms with E-state index < -0.39 is 58.1 Å². The Kier molecular flexibility index (Phi) is 7.37. The van der Waals surface area contributed by atoms with E-state index in [2.05, 4.69) is 0 Å². The Hall–Kier alpha value is -6.16. The highest BCUT2D eigenvalue weighted by Crippen LogP contribution is 2.43. The molecular formula is C36H14F12N4. The highest BCUT2D eigenvalue weighted by molar-refractivity contribution is 6.11. The number of hydrogen-bond acceptors (Lipinski definition) is 2. The first-order valence-electron chi connectivity index (χ1n) is 14.7. The highest BCUT2D eigenvalue weighted by Gasteiger charge is 2.36. The summed E-state index contributed by atoms with van der Waals surface area (Å²) in [6, 6.07) is 15.1. The second-order valence-electron chi connectivity index (χ2n) is 11.7. The van der Waals surface area contributed by atoms with Gasteiger partial charge in [0.2, 0.25) is 0 Å². The Morgan fingerprint density at radius 3 is 0.788 bits per heavy atom. The van der Waals surface area contributed by atoms with Crippen LogP contribution in [0.3, 0.4) is 0 Å². The first-order chi connectivity index (χ1) is 24.2. The van der Waals surface area contributed by atoms with E-state index in [9.17, 15) is 63.2 Å². The SMILES string of the molecule is N#Cc1c(-n2c3cc(C(F)(F)F)ccc3c3ccc(C(F)(F)F)cc32)ccc(-n2c3cc(C(F)(F)F)ccc3c3ccc(C(F)(F)F)cc32)c1C#N. The minimum atomic E-state index is -4.91. The molecule has 0 radical (unpaired) electrons. The van der Waals surface area contributed by atoms with Crippen LogP contribution in [-0.2, 0) is 24.7 Å². The predicted molar refractivity (Wildman–Crippen MR) is 165 cm³/mol. The molecule has 262 valence electrons. The van der Waals surface area contributed by atoms with Crippen LogP contribution in [0.1, 0.15) is 33.4 Å². The number of fused-ring (bicyclic) bond motifs is 6. The minimum Gasteiger partial charge on any atom is -0.308 e. The van der Waals surface area contributed by atoms with Crippen LogP contribution in [0.5, 0.6) is 0 Å². The molecule has 0 atom stereocenters. The smallest absolute Gasteiger partial charge is 0.308 e. The van der Waals surface area contributed by atoms with Crippen molar-refractivity contribution in [2.24, 2.45) is 0 Å². The molecule has 0 spiro atoms. The van der Waals surface area contributed by atoms with E-state index in [0.29, 0.717) is 48.5 Å². The molecule has 0 N–H and O–H groups in total. The molecule has 52 heavy (non-hydrogen) atoms. The van der Waals surface area contributed by atoms with Gasteiger partial charge in [-0.05, 0) is 60.7 Å². The van der Waals surface area contributed by atoms with Crippen LogP contribution in [0.4, 0.5) is 52.7 Å². The molecular weight excluding hydrogens is 716 g/mol. The number of alkyl halides is 12. The molecule has 16 heteroatoms. The molecule has 4 nitrogen and oxygen atoms in total. The van der Waals surface area contributed by atoms with E-state index in [1.165, 1.54) is 0 Å². The molecule has 2 heterocycles. The van der Waals surface area contributed by atoms with Gasteiger partial charge in [-0.1, -0.05) is 24.3 Å². The van der Waals surface area contributed by atoms with Crippen LogP contribution in [0.2, 0.25) is 0 Å². The number of nitriles is 2. The van der Waals surface area contributed by atoms with Crippen LogP contribution >= 0.6 is 0 Å².